The lowest BCUT2D eigenvalue weighted by Crippen LogP contribution is -2.31. The predicted octanol–water partition coefficient (Wildman–Crippen LogP) is 2.92. The van der Waals surface area contributed by atoms with E-state index in [-0.39, 0.29) is 22.3 Å². The van der Waals surface area contributed by atoms with Crippen LogP contribution in [0.1, 0.15) is 40.1 Å². The first-order chi connectivity index (χ1) is 13.7. The Labute approximate surface area is 178 Å². The minimum atomic E-state index is -3.72. The molecule has 9 heteroatoms. The van der Waals surface area contributed by atoms with Gasteiger partial charge in [-0.25, -0.2) is 13.1 Å². The standard InChI is InChI=1S/C20H22BrN3O4S/c1-12(2)11-23-29(27,28)15-5-6-18(21)17(10-15)20(26)24-14-4-3-13-7-8-22-19(25)16(13)9-14/h3-6,9-10,12,23H,7-8,11H2,1-2H3,(H,22,25)(H,24,26). The average Bonchev–Trinajstić information content (AvgIpc) is 2.67. The molecule has 0 aromatic heterocycles. The van der Waals surface area contributed by atoms with E-state index in [2.05, 4.69) is 31.3 Å². The Morgan fingerprint density at radius 3 is 2.69 bits per heavy atom. The van der Waals surface area contributed by atoms with Crippen LogP contribution in [0.25, 0.3) is 0 Å². The highest BCUT2D eigenvalue weighted by atomic mass is 79.9. The molecule has 2 amide bonds. The molecule has 3 rings (SSSR count). The third kappa shape index (κ3) is 5.04. The first-order valence-corrected chi connectivity index (χ1v) is 11.5. The van der Waals surface area contributed by atoms with E-state index >= 15 is 0 Å². The van der Waals surface area contributed by atoms with Gasteiger partial charge in [0.25, 0.3) is 11.8 Å². The molecule has 0 radical (unpaired) electrons. The van der Waals surface area contributed by atoms with Crippen LogP contribution < -0.4 is 15.4 Å². The van der Waals surface area contributed by atoms with Gasteiger partial charge >= 0.3 is 0 Å². The van der Waals surface area contributed by atoms with Crippen LogP contribution >= 0.6 is 15.9 Å². The summed E-state index contributed by atoms with van der Waals surface area (Å²) < 4.78 is 27.9. The van der Waals surface area contributed by atoms with E-state index in [0.29, 0.717) is 28.8 Å². The van der Waals surface area contributed by atoms with E-state index in [0.717, 1.165) is 12.0 Å². The summed E-state index contributed by atoms with van der Waals surface area (Å²) in [6.07, 6.45) is 0.740. The summed E-state index contributed by atoms with van der Waals surface area (Å²) in [6.45, 7) is 4.71. The molecule has 0 spiro atoms. The largest absolute Gasteiger partial charge is 0.352 e. The summed E-state index contributed by atoms with van der Waals surface area (Å²) in [7, 11) is -3.72. The molecule has 1 aliphatic rings. The molecule has 2 aromatic rings. The third-order valence-electron chi connectivity index (χ3n) is 4.47. The number of rotatable bonds is 6. The topological polar surface area (TPSA) is 104 Å². The molecular weight excluding hydrogens is 458 g/mol. The number of nitrogens with one attached hydrogen (secondary N) is 3. The molecule has 1 heterocycles. The van der Waals surface area contributed by atoms with E-state index in [1.165, 1.54) is 18.2 Å². The van der Waals surface area contributed by atoms with Crippen molar-refractivity contribution in [2.24, 2.45) is 5.92 Å². The number of carbonyl (C=O) groups is 2. The van der Waals surface area contributed by atoms with Gasteiger partial charge in [-0.1, -0.05) is 19.9 Å². The van der Waals surface area contributed by atoms with Crippen molar-refractivity contribution in [2.75, 3.05) is 18.4 Å². The minimum Gasteiger partial charge on any atom is -0.352 e. The minimum absolute atomic E-state index is 0.0105. The van der Waals surface area contributed by atoms with Gasteiger partial charge in [0, 0.05) is 28.8 Å². The molecule has 0 saturated carbocycles. The van der Waals surface area contributed by atoms with Crippen molar-refractivity contribution in [1.29, 1.82) is 0 Å². The van der Waals surface area contributed by atoms with Crippen LogP contribution in [0.5, 0.6) is 0 Å². The molecule has 0 saturated heterocycles. The zero-order valence-corrected chi connectivity index (χ0v) is 18.5. The monoisotopic (exact) mass is 479 g/mol. The van der Waals surface area contributed by atoms with Crippen molar-refractivity contribution in [3.05, 3.63) is 57.6 Å². The van der Waals surface area contributed by atoms with Crippen molar-refractivity contribution in [3.8, 4) is 0 Å². The Morgan fingerprint density at radius 1 is 1.21 bits per heavy atom. The fourth-order valence-corrected chi connectivity index (χ4v) is 4.56. The van der Waals surface area contributed by atoms with Crippen molar-refractivity contribution < 1.29 is 18.0 Å². The second-order valence-corrected chi connectivity index (χ2v) is 9.84. The Balaban J connectivity index is 1.84. The molecule has 0 unspecified atom stereocenters. The molecule has 0 atom stereocenters. The molecule has 0 bridgehead atoms. The van der Waals surface area contributed by atoms with Crippen LogP contribution in [0, 0.1) is 5.92 Å². The van der Waals surface area contributed by atoms with Crippen LogP contribution in [-0.2, 0) is 16.4 Å². The maximum atomic E-state index is 12.8. The molecule has 0 fully saturated rings. The zero-order valence-electron chi connectivity index (χ0n) is 16.1. The van der Waals surface area contributed by atoms with Crippen molar-refractivity contribution in [3.63, 3.8) is 0 Å². The second kappa shape index (κ2) is 8.64. The van der Waals surface area contributed by atoms with Gasteiger partial charge in [-0.3, -0.25) is 9.59 Å². The van der Waals surface area contributed by atoms with Crippen molar-refractivity contribution >= 4 is 43.5 Å². The Hall–Kier alpha value is -2.23. The highest BCUT2D eigenvalue weighted by molar-refractivity contribution is 9.10. The average molecular weight is 480 g/mol. The molecule has 2 aromatic carbocycles. The van der Waals surface area contributed by atoms with E-state index in [9.17, 15) is 18.0 Å². The van der Waals surface area contributed by atoms with Crippen LogP contribution in [0.2, 0.25) is 0 Å². The summed E-state index contributed by atoms with van der Waals surface area (Å²) in [4.78, 5) is 24.8. The maximum Gasteiger partial charge on any atom is 0.256 e. The number of hydrogen-bond donors (Lipinski definition) is 3. The number of hydrogen-bond acceptors (Lipinski definition) is 4. The smallest absolute Gasteiger partial charge is 0.256 e. The quantitative estimate of drug-likeness (QED) is 0.592. The number of carbonyl (C=O) groups excluding carboxylic acids is 2. The van der Waals surface area contributed by atoms with E-state index in [4.69, 9.17) is 0 Å². The van der Waals surface area contributed by atoms with Gasteiger partial charge in [0.1, 0.15) is 0 Å². The maximum absolute atomic E-state index is 12.8. The van der Waals surface area contributed by atoms with Crippen LogP contribution in [-0.4, -0.2) is 33.3 Å². The predicted molar refractivity (Wildman–Crippen MR) is 115 cm³/mol. The summed E-state index contributed by atoms with van der Waals surface area (Å²) >= 11 is 3.30. The summed E-state index contributed by atoms with van der Waals surface area (Å²) in [6, 6.07) is 9.46. The lowest BCUT2D eigenvalue weighted by atomic mass is 10.00. The van der Waals surface area contributed by atoms with E-state index in [1.54, 1.807) is 12.1 Å². The van der Waals surface area contributed by atoms with Gasteiger partial charge in [0.05, 0.1) is 10.5 Å². The molecule has 29 heavy (non-hydrogen) atoms. The van der Waals surface area contributed by atoms with E-state index in [1.807, 2.05) is 19.9 Å². The number of anilines is 1. The number of halogens is 1. The zero-order chi connectivity index (χ0) is 21.2. The fraction of sp³-hybridized carbons (Fsp3) is 0.300. The molecule has 1 aliphatic heterocycles. The van der Waals surface area contributed by atoms with Gasteiger partial charge in [-0.15, -0.1) is 0 Å². The summed E-state index contributed by atoms with van der Waals surface area (Å²) in [5.74, 6) is -0.494. The number of fused-ring (bicyclic) bond motifs is 1. The van der Waals surface area contributed by atoms with Gasteiger partial charge in [0.15, 0.2) is 0 Å². The van der Waals surface area contributed by atoms with Crippen LogP contribution in [0.3, 0.4) is 0 Å². The first kappa shape index (κ1) is 21.5. The summed E-state index contributed by atoms with van der Waals surface area (Å²) in [5.41, 5.74) is 2.10. The van der Waals surface area contributed by atoms with Crippen LogP contribution in [0.4, 0.5) is 5.69 Å². The van der Waals surface area contributed by atoms with E-state index < -0.39 is 15.9 Å². The summed E-state index contributed by atoms with van der Waals surface area (Å²) in [5, 5.41) is 5.51. The molecule has 7 nitrogen and oxygen atoms in total. The fourth-order valence-electron chi connectivity index (χ4n) is 2.89. The molecule has 3 N–H and O–H groups in total. The second-order valence-electron chi connectivity index (χ2n) is 7.22. The lowest BCUT2D eigenvalue weighted by molar-refractivity contribution is 0.0944. The first-order valence-electron chi connectivity index (χ1n) is 9.19. The Kier molecular flexibility index (Phi) is 6.40. The van der Waals surface area contributed by atoms with Gasteiger partial charge < -0.3 is 10.6 Å². The number of amides is 2. The highest BCUT2D eigenvalue weighted by Gasteiger charge is 2.20. The molecule has 154 valence electrons. The van der Waals surface area contributed by atoms with Gasteiger partial charge in [-0.05, 0) is 64.2 Å². The third-order valence-corrected chi connectivity index (χ3v) is 6.58. The number of sulfonamides is 1. The van der Waals surface area contributed by atoms with Crippen LogP contribution in [0.15, 0.2) is 45.8 Å². The Bertz CT molecular complexity index is 1070. The highest BCUT2D eigenvalue weighted by Crippen LogP contribution is 2.24. The molecular formula is C20H22BrN3O4S. The van der Waals surface area contributed by atoms with Gasteiger partial charge in [-0.2, -0.15) is 0 Å². The van der Waals surface area contributed by atoms with Gasteiger partial charge in [0.2, 0.25) is 10.0 Å². The number of benzene rings is 2. The molecule has 0 aliphatic carbocycles. The van der Waals surface area contributed by atoms with Crippen molar-refractivity contribution in [1.82, 2.24) is 10.0 Å². The lowest BCUT2D eigenvalue weighted by Gasteiger charge is -2.17. The van der Waals surface area contributed by atoms with Crippen molar-refractivity contribution in [2.45, 2.75) is 25.2 Å². The SMILES string of the molecule is CC(C)CNS(=O)(=O)c1ccc(Br)c(C(=O)Nc2ccc3c(c2)C(=O)NCC3)c1. The Morgan fingerprint density at radius 2 is 1.97 bits per heavy atom. The normalized spacial score (nSPS) is 13.7.